The first-order valence-electron chi connectivity index (χ1n) is 8.76. The van der Waals surface area contributed by atoms with Gasteiger partial charge >= 0.3 is 0 Å². The van der Waals surface area contributed by atoms with Crippen LogP contribution in [0.5, 0.6) is 11.5 Å². The van der Waals surface area contributed by atoms with Gasteiger partial charge in [-0.1, -0.05) is 6.07 Å². The van der Waals surface area contributed by atoms with Crippen molar-refractivity contribution >= 4 is 20.9 Å². The van der Waals surface area contributed by atoms with E-state index in [4.69, 9.17) is 9.47 Å². The van der Waals surface area contributed by atoms with Gasteiger partial charge in [0, 0.05) is 30.2 Å². The van der Waals surface area contributed by atoms with Gasteiger partial charge in [0.15, 0.2) is 0 Å². The van der Waals surface area contributed by atoms with Crippen LogP contribution < -0.4 is 9.47 Å². The van der Waals surface area contributed by atoms with Crippen molar-refractivity contribution in [3.8, 4) is 11.5 Å². The van der Waals surface area contributed by atoms with Crippen LogP contribution in [0.1, 0.15) is 11.1 Å². The zero-order valence-corrected chi connectivity index (χ0v) is 16.4. The van der Waals surface area contributed by atoms with Crippen LogP contribution in [0.4, 0.5) is 0 Å². The Hall–Kier alpha value is -2.51. The highest BCUT2D eigenvalue weighted by atomic mass is 32.2. The minimum atomic E-state index is -3.80. The molecule has 0 atom stereocenters. The smallest absolute Gasteiger partial charge is 0.271 e. The minimum Gasteiger partial charge on any atom is -0.495 e. The lowest BCUT2D eigenvalue weighted by Gasteiger charge is -2.14. The summed E-state index contributed by atoms with van der Waals surface area (Å²) in [6.45, 7) is 4.02. The average Bonchev–Trinajstić information content (AvgIpc) is 2.99. The molecule has 0 N–H and O–H groups in total. The average molecular weight is 386 g/mol. The summed E-state index contributed by atoms with van der Waals surface area (Å²) < 4.78 is 39.2. The number of hydrogen-bond donors (Lipinski definition) is 0. The van der Waals surface area contributed by atoms with Gasteiger partial charge in [-0.15, -0.1) is 0 Å². The van der Waals surface area contributed by atoms with Gasteiger partial charge in [0.1, 0.15) is 23.0 Å². The van der Waals surface area contributed by atoms with E-state index in [1.54, 1.807) is 24.4 Å². The Morgan fingerprint density at radius 1 is 1.15 bits per heavy atom. The van der Waals surface area contributed by atoms with Crippen molar-refractivity contribution in [2.45, 2.75) is 18.4 Å². The Kier molecular flexibility index (Phi) is 4.36. The fraction of sp³-hybridized carbons (Fsp3) is 0.300. The van der Waals surface area contributed by atoms with E-state index < -0.39 is 10.0 Å². The number of methoxy groups -OCH3 is 1. The lowest BCUT2D eigenvalue weighted by Crippen LogP contribution is -2.20. The molecule has 0 spiro atoms. The summed E-state index contributed by atoms with van der Waals surface area (Å²) in [6.07, 6.45) is 1.60. The first-order valence-corrected chi connectivity index (χ1v) is 10.2. The lowest BCUT2D eigenvalue weighted by atomic mass is 10.1. The molecule has 6 nitrogen and oxygen atoms in total. The Bertz CT molecular complexity index is 1120. The van der Waals surface area contributed by atoms with Gasteiger partial charge in [0.05, 0.1) is 12.6 Å². The predicted molar refractivity (Wildman–Crippen MR) is 104 cm³/mol. The van der Waals surface area contributed by atoms with Gasteiger partial charge in [-0.25, -0.2) is 12.4 Å². The van der Waals surface area contributed by atoms with Gasteiger partial charge < -0.3 is 9.47 Å². The van der Waals surface area contributed by atoms with E-state index in [0.717, 1.165) is 28.8 Å². The van der Waals surface area contributed by atoms with E-state index in [0.29, 0.717) is 24.4 Å². The molecule has 27 heavy (non-hydrogen) atoms. The summed E-state index contributed by atoms with van der Waals surface area (Å²) in [7, 11) is -0.292. The maximum Gasteiger partial charge on any atom is 0.271 e. The number of hydrogen-bond acceptors (Lipinski definition) is 5. The fourth-order valence-electron chi connectivity index (χ4n) is 3.49. The molecule has 0 fully saturated rings. The molecule has 7 heteroatoms. The van der Waals surface area contributed by atoms with Crippen molar-refractivity contribution in [3.05, 3.63) is 53.7 Å². The molecule has 0 saturated heterocycles. The second kappa shape index (κ2) is 6.58. The van der Waals surface area contributed by atoms with E-state index in [1.165, 1.54) is 11.1 Å². The third-order valence-electron chi connectivity index (χ3n) is 4.92. The third kappa shape index (κ3) is 2.96. The van der Waals surface area contributed by atoms with E-state index in [1.807, 2.05) is 32.2 Å². The second-order valence-corrected chi connectivity index (χ2v) is 8.62. The SMILES string of the molecule is COc1ccc(C)cc1S(=O)(=O)n1ccc2c3c(ccc21)OCCN(C)C3. The van der Waals surface area contributed by atoms with E-state index in [-0.39, 0.29) is 4.90 Å². The maximum absolute atomic E-state index is 13.4. The Balaban J connectivity index is 1.92. The number of benzene rings is 2. The quantitative estimate of drug-likeness (QED) is 0.692. The highest BCUT2D eigenvalue weighted by molar-refractivity contribution is 7.90. The van der Waals surface area contributed by atoms with Crippen LogP contribution in [-0.2, 0) is 16.6 Å². The summed E-state index contributed by atoms with van der Waals surface area (Å²) in [6, 6.07) is 10.7. The molecule has 0 radical (unpaired) electrons. The van der Waals surface area contributed by atoms with Gasteiger partial charge in [0.25, 0.3) is 10.0 Å². The highest BCUT2D eigenvalue weighted by Gasteiger charge is 2.25. The molecule has 1 aliphatic rings. The van der Waals surface area contributed by atoms with Crippen LogP contribution in [0, 0.1) is 6.92 Å². The van der Waals surface area contributed by atoms with Crippen molar-refractivity contribution in [2.75, 3.05) is 27.3 Å². The number of aromatic nitrogens is 1. The predicted octanol–water partition coefficient (Wildman–Crippen LogP) is 3.02. The first kappa shape index (κ1) is 17.9. The largest absolute Gasteiger partial charge is 0.495 e. The molecule has 0 aliphatic carbocycles. The molecule has 1 aromatic heterocycles. The Morgan fingerprint density at radius 2 is 1.96 bits per heavy atom. The van der Waals surface area contributed by atoms with Crippen molar-refractivity contribution in [3.63, 3.8) is 0 Å². The number of ether oxygens (including phenoxy) is 2. The normalized spacial score (nSPS) is 15.2. The summed E-state index contributed by atoms with van der Waals surface area (Å²) in [5, 5.41) is 0.886. The highest BCUT2D eigenvalue weighted by Crippen LogP contribution is 2.34. The second-order valence-electron chi connectivity index (χ2n) is 6.83. The monoisotopic (exact) mass is 386 g/mol. The molecule has 0 amide bonds. The zero-order chi connectivity index (χ0) is 19.2. The van der Waals surface area contributed by atoms with E-state index >= 15 is 0 Å². The Morgan fingerprint density at radius 3 is 2.74 bits per heavy atom. The van der Waals surface area contributed by atoms with Crippen LogP contribution in [0.3, 0.4) is 0 Å². The van der Waals surface area contributed by atoms with Gasteiger partial charge in [0.2, 0.25) is 0 Å². The van der Waals surface area contributed by atoms with Crippen LogP contribution in [0.15, 0.2) is 47.5 Å². The van der Waals surface area contributed by atoms with Crippen molar-refractivity contribution in [1.29, 1.82) is 0 Å². The van der Waals surface area contributed by atoms with Gasteiger partial charge in [-0.3, -0.25) is 4.90 Å². The maximum atomic E-state index is 13.4. The van der Waals surface area contributed by atoms with Gasteiger partial charge in [-0.05, 0) is 49.9 Å². The molecule has 142 valence electrons. The fourth-order valence-corrected chi connectivity index (χ4v) is 5.08. The van der Waals surface area contributed by atoms with Crippen LogP contribution in [0.2, 0.25) is 0 Å². The number of aryl methyl sites for hydroxylation is 1. The molecule has 0 unspecified atom stereocenters. The summed E-state index contributed by atoms with van der Waals surface area (Å²) in [5.41, 5.74) is 2.50. The van der Waals surface area contributed by atoms with Crippen LogP contribution in [0.25, 0.3) is 10.9 Å². The molecular formula is C20H22N2O4S. The Labute approximate surface area is 159 Å². The summed E-state index contributed by atoms with van der Waals surface area (Å²) >= 11 is 0. The molecular weight excluding hydrogens is 364 g/mol. The number of likely N-dealkylation sites (N-methyl/N-ethyl adjacent to an activating group) is 1. The molecule has 1 aliphatic heterocycles. The molecule has 0 saturated carbocycles. The molecule has 3 aromatic rings. The summed E-state index contributed by atoms with van der Waals surface area (Å²) in [4.78, 5) is 2.33. The first-order chi connectivity index (χ1) is 12.9. The topological polar surface area (TPSA) is 60.8 Å². The van der Waals surface area contributed by atoms with Crippen LogP contribution >= 0.6 is 0 Å². The van der Waals surface area contributed by atoms with Crippen LogP contribution in [-0.4, -0.2) is 44.6 Å². The molecule has 0 bridgehead atoms. The number of fused-ring (bicyclic) bond motifs is 3. The molecule has 4 rings (SSSR count). The summed E-state index contributed by atoms with van der Waals surface area (Å²) in [5.74, 6) is 1.15. The molecule has 2 aromatic carbocycles. The third-order valence-corrected chi connectivity index (χ3v) is 6.63. The number of rotatable bonds is 3. The minimum absolute atomic E-state index is 0.158. The zero-order valence-electron chi connectivity index (χ0n) is 15.6. The van der Waals surface area contributed by atoms with Gasteiger partial charge in [-0.2, -0.15) is 0 Å². The number of nitrogens with zero attached hydrogens (tertiary/aromatic N) is 2. The standard InChI is InChI=1S/C20H22N2O4S/c1-14-4-6-19(25-3)20(12-14)27(23,24)22-9-8-15-16-13-21(2)10-11-26-18(16)7-5-17(15)22/h4-9,12H,10-11,13H2,1-3H3. The molecule has 2 heterocycles. The van der Waals surface area contributed by atoms with Crippen molar-refractivity contribution < 1.29 is 17.9 Å². The lowest BCUT2D eigenvalue weighted by molar-refractivity contribution is 0.259. The van der Waals surface area contributed by atoms with E-state index in [9.17, 15) is 8.42 Å². The van der Waals surface area contributed by atoms with Crippen molar-refractivity contribution in [1.82, 2.24) is 8.87 Å². The van der Waals surface area contributed by atoms with Crippen molar-refractivity contribution in [2.24, 2.45) is 0 Å². The van der Waals surface area contributed by atoms with E-state index in [2.05, 4.69) is 4.90 Å².